The van der Waals surface area contributed by atoms with Gasteiger partial charge in [0.1, 0.15) is 0 Å². The lowest BCUT2D eigenvalue weighted by Gasteiger charge is -2.28. The molecule has 4 rings (SSSR count). The maximum Gasteiger partial charge on any atom is 0.230 e. The van der Waals surface area contributed by atoms with E-state index in [-0.39, 0.29) is 11.8 Å². The first-order chi connectivity index (χ1) is 14.9. The smallest absolute Gasteiger partial charge is 0.230 e. The van der Waals surface area contributed by atoms with Crippen molar-refractivity contribution in [1.82, 2.24) is 19.8 Å². The van der Waals surface area contributed by atoms with E-state index in [1.807, 2.05) is 30.3 Å². The molecule has 1 aliphatic carbocycles. The molecule has 0 atom stereocenters. The first-order valence-corrected chi connectivity index (χ1v) is 12.8. The van der Waals surface area contributed by atoms with E-state index in [9.17, 15) is 13.2 Å². The minimum Gasteiger partial charge on any atom is -0.355 e. The fourth-order valence-electron chi connectivity index (χ4n) is 4.82. The molecule has 0 spiro atoms. The average Bonchev–Trinajstić information content (AvgIpc) is 3.45. The zero-order valence-corrected chi connectivity index (χ0v) is 18.7. The van der Waals surface area contributed by atoms with E-state index in [0.29, 0.717) is 50.6 Å². The van der Waals surface area contributed by atoms with Crippen LogP contribution in [0.25, 0.3) is 0 Å². The Morgan fingerprint density at radius 1 is 1.19 bits per heavy atom. The molecule has 1 saturated carbocycles. The monoisotopic (exact) mass is 446 g/mol. The van der Waals surface area contributed by atoms with Gasteiger partial charge < -0.3 is 9.84 Å². The second-order valence-corrected chi connectivity index (χ2v) is 10.6. The van der Waals surface area contributed by atoms with Crippen molar-refractivity contribution in [2.24, 2.45) is 0 Å². The molecule has 31 heavy (non-hydrogen) atoms. The molecule has 2 aromatic rings. The van der Waals surface area contributed by atoms with Gasteiger partial charge in [-0.2, -0.15) is 4.98 Å². The highest BCUT2D eigenvalue weighted by molar-refractivity contribution is 7.88. The van der Waals surface area contributed by atoms with Crippen LogP contribution >= 0.6 is 0 Å². The van der Waals surface area contributed by atoms with Gasteiger partial charge in [0.25, 0.3) is 0 Å². The van der Waals surface area contributed by atoms with Crippen molar-refractivity contribution < 1.29 is 17.7 Å². The van der Waals surface area contributed by atoms with Gasteiger partial charge in [0.05, 0.1) is 11.7 Å². The van der Waals surface area contributed by atoms with Gasteiger partial charge in [0.2, 0.25) is 21.8 Å². The van der Waals surface area contributed by atoms with Crippen LogP contribution in [0, 0.1) is 0 Å². The lowest BCUT2D eigenvalue weighted by Crippen LogP contribution is -2.43. The highest BCUT2D eigenvalue weighted by Gasteiger charge is 2.42. The number of nitrogens with one attached hydrogen (secondary N) is 1. The molecule has 8 nitrogen and oxygen atoms in total. The third kappa shape index (κ3) is 4.82. The van der Waals surface area contributed by atoms with E-state index in [4.69, 9.17) is 4.52 Å². The highest BCUT2D eigenvalue weighted by Crippen LogP contribution is 2.41. The van der Waals surface area contributed by atoms with Crippen LogP contribution in [-0.2, 0) is 26.7 Å². The fourth-order valence-corrected chi connectivity index (χ4v) is 5.69. The predicted octanol–water partition coefficient (Wildman–Crippen LogP) is 2.38. The van der Waals surface area contributed by atoms with Crippen molar-refractivity contribution in [2.75, 3.05) is 25.9 Å². The Morgan fingerprint density at radius 2 is 1.87 bits per heavy atom. The largest absolute Gasteiger partial charge is 0.355 e. The summed E-state index contributed by atoms with van der Waals surface area (Å²) in [6, 6.07) is 10.0. The van der Waals surface area contributed by atoms with E-state index in [1.54, 1.807) is 0 Å². The minimum atomic E-state index is -3.15. The van der Waals surface area contributed by atoms with Crippen LogP contribution in [0.1, 0.15) is 61.7 Å². The number of carbonyl (C=O) groups is 1. The number of hydrogen-bond donors (Lipinski definition) is 1. The lowest BCUT2D eigenvalue weighted by atomic mass is 9.78. The van der Waals surface area contributed by atoms with Crippen LogP contribution in [0.2, 0.25) is 0 Å². The summed E-state index contributed by atoms with van der Waals surface area (Å²) in [7, 11) is -3.15. The standard InChI is InChI=1S/C22H30N4O4S/c1-31(28,29)26-15-10-17(11-16-26)20-24-19(30-25-20)9-14-23-21(27)22(12-5-6-13-22)18-7-3-2-4-8-18/h2-4,7-8,17H,5-6,9-16H2,1H3,(H,23,27). The van der Waals surface area contributed by atoms with E-state index in [1.165, 1.54) is 10.6 Å². The van der Waals surface area contributed by atoms with Crippen LogP contribution in [0.3, 0.4) is 0 Å². The number of rotatable bonds is 7. The molecule has 1 saturated heterocycles. The molecular weight excluding hydrogens is 416 g/mol. The molecule has 168 valence electrons. The molecule has 1 aliphatic heterocycles. The van der Waals surface area contributed by atoms with Crippen molar-refractivity contribution in [3.8, 4) is 0 Å². The fraction of sp³-hybridized carbons (Fsp3) is 0.591. The van der Waals surface area contributed by atoms with Gasteiger partial charge in [0.15, 0.2) is 5.82 Å². The first kappa shape index (κ1) is 22.0. The zero-order chi connectivity index (χ0) is 21.9. The van der Waals surface area contributed by atoms with Gasteiger partial charge in [-0.05, 0) is 31.2 Å². The van der Waals surface area contributed by atoms with Gasteiger partial charge >= 0.3 is 0 Å². The Bertz CT molecular complexity index is 992. The van der Waals surface area contributed by atoms with E-state index >= 15 is 0 Å². The summed E-state index contributed by atoms with van der Waals surface area (Å²) in [5.74, 6) is 1.31. The molecule has 2 aliphatic rings. The third-order valence-corrected chi connectivity index (χ3v) is 7.92. The predicted molar refractivity (Wildman–Crippen MR) is 116 cm³/mol. The number of nitrogens with zero attached hydrogens (tertiary/aromatic N) is 3. The van der Waals surface area contributed by atoms with Gasteiger partial charge in [-0.3, -0.25) is 4.79 Å². The van der Waals surface area contributed by atoms with Crippen LogP contribution in [0.5, 0.6) is 0 Å². The van der Waals surface area contributed by atoms with Crippen LogP contribution in [-0.4, -0.2) is 54.7 Å². The zero-order valence-electron chi connectivity index (χ0n) is 17.9. The summed E-state index contributed by atoms with van der Waals surface area (Å²) in [4.78, 5) is 17.6. The van der Waals surface area contributed by atoms with Gasteiger partial charge in [-0.15, -0.1) is 0 Å². The van der Waals surface area contributed by atoms with Crippen LogP contribution in [0.4, 0.5) is 0 Å². The molecule has 2 heterocycles. The second-order valence-electron chi connectivity index (χ2n) is 8.64. The molecule has 0 bridgehead atoms. The maximum absolute atomic E-state index is 13.1. The van der Waals surface area contributed by atoms with E-state index in [0.717, 1.165) is 31.2 Å². The summed E-state index contributed by atoms with van der Waals surface area (Å²) in [6.07, 6.45) is 6.96. The summed E-state index contributed by atoms with van der Waals surface area (Å²) < 4.78 is 30.2. The van der Waals surface area contributed by atoms with Gasteiger partial charge in [0, 0.05) is 32.0 Å². The van der Waals surface area contributed by atoms with Crippen molar-refractivity contribution in [2.45, 2.75) is 56.3 Å². The minimum absolute atomic E-state index is 0.0732. The SMILES string of the molecule is CS(=O)(=O)N1CCC(c2noc(CCNC(=O)C3(c4ccccc4)CCCC3)n2)CC1. The molecular formula is C22H30N4O4S. The number of hydrogen-bond acceptors (Lipinski definition) is 6. The Morgan fingerprint density at radius 3 is 2.52 bits per heavy atom. The molecule has 1 aromatic heterocycles. The molecule has 1 N–H and O–H groups in total. The summed E-state index contributed by atoms with van der Waals surface area (Å²) in [6.45, 7) is 1.40. The Labute approximate surface area is 183 Å². The number of carbonyl (C=O) groups excluding carboxylic acids is 1. The summed E-state index contributed by atoms with van der Waals surface area (Å²) in [5, 5.41) is 7.18. The summed E-state index contributed by atoms with van der Waals surface area (Å²) in [5.41, 5.74) is 0.653. The maximum atomic E-state index is 13.1. The Hall–Kier alpha value is -2.26. The average molecular weight is 447 g/mol. The molecule has 0 unspecified atom stereocenters. The van der Waals surface area contributed by atoms with Crippen LogP contribution < -0.4 is 5.32 Å². The van der Waals surface area contributed by atoms with E-state index in [2.05, 4.69) is 15.5 Å². The van der Waals surface area contributed by atoms with Crippen LogP contribution in [0.15, 0.2) is 34.9 Å². The number of aromatic nitrogens is 2. The first-order valence-electron chi connectivity index (χ1n) is 11.0. The molecule has 1 aromatic carbocycles. The number of piperidine rings is 1. The molecule has 1 amide bonds. The number of sulfonamides is 1. The number of benzene rings is 1. The van der Waals surface area contributed by atoms with Crippen molar-refractivity contribution in [3.63, 3.8) is 0 Å². The lowest BCUT2D eigenvalue weighted by molar-refractivity contribution is -0.126. The van der Waals surface area contributed by atoms with Crippen molar-refractivity contribution >= 4 is 15.9 Å². The normalized spacial score (nSPS) is 20.0. The van der Waals surface area contributed by atoms with Gasteiger partial charge in [-0.25, -0.2) is 12.7 Å². The van der Waals surface area contributed by atoms with E-state index < -0.39 is 15.4 Å². The highest BCUT2D eigenvalue weighted by atomic mass is 32.2. The molecule has 9 heteroatoms. The van der Waals surface area contributed by atoms with Gasteiger partial charge in [-0.1, -0.05) is 48.3 Å². The molecule has 0 radical (unpaired) electrons. The van der Waals surface area contributed by atoms with Crippen molar-refractivity contribution in [3.05, 3.63) is 47.6 Å². The van der Waals surface area contributed by atoms with Crippen molar-refractivity contribution in [1.29, 1.82) is 0 Å². The second kappa shape index (κ2) is 9.08. The Kier molecular flexibility index (Phi) is 6.43. The topological polar surface area (TPSA) is 105 Å². The molecule has 2 fully saturated rings. The third-order valence-electron chi connectivity index (χ3n) is 6.61. The Balaban J connectivity index is 1.31. The number of amides is 1. The quantitative estimate of drug-likeness (QED) is 0.700. The summed E-state index contributed by atoms with van der Waals surface area (Å²) >= 11 is 0.